The van der Waals surface area contributed by atoms with E-state index in [0.717, 1.165) is 44.2 Å². The Morgan fingerprint density at radius 2 is 2.39 bits per heavy atom. The number of aromatic nitrogens is 3. The first kappa shape index (κ1) is 12.1. The molecule has 0 aliphatic carbocycles. The average molecular weight is 250 g/mol. The number of hydrogen-bond donors (Lipinski definition) is 1. The Morgan fingerprint density at radius 1 is 1.44 bits per heavy atom. The van der Waals surface area contributed by atoms with Crippen LogP contribution in [0.5, 0.6) is 0 Å². The molecule has 2 atom stereocenters. The second-order valence-corrected chi connectivity index (χ2v) is 5.26. The summed E-state index contributed by atoms with van der Waals surface area (Å²) < 4.78 is 8.00. The molecule has 1 aromatic rings. The number of ether oxygens (including phenoxy) is 1. The number of hydrogen-bond acceptors (Lipinski definition) is 4. The lowest BCUT2D eigenvalue weighted by molar-refractivity contribution is 0.109. The molecule has 2 aliphatic rings. The Labute approximate surface area is 108 Å². The first-order valence-corrected chi connectivity index (χ1v) is 7.15. The van der Waals surface area contributed by atoms with E-state index in [1.165, 1.54) is 19.3 Å². The van der Waals surface area contributed by atoms with Gasteiger partial charge in [0.15, 0.2) is 0 Å². The highest BCUT2D eigenvalue weighted by atomic mass is 16.5. The van der Waals surface area contributed by atoms with E-state index in [1.54, 1.807) is 0 Å². The third kappa shape index (κ3) is 2.29. The number of nitrogens with zero attached hydrogens (tertiary/aromatic N) is 3. The van der Waals surface area contributed by atoms with Crippen molar-refractivity contribution in [3.63, 3.8) is 0 Å². The minimum Gasteiger partial charge on any atom is -0.378 e. The molecular weight excluding hydrogens is 228 g/mol. The van der Waals surface area contributed by atoms with E-state index >= 15 is 0 Å². The Morgan fingerprint density at radius 3 is 3.17 bits per heavy atom. The fourth-order valence-corrected chi connectivity index (χ4v) is 2.97. The van der Waals surface area contributed by atoms with Crippen molar-refractivity contribution in [1.82, 2.24) is 20.1 Å². The van der Waals surface area contributed by atoms with Crippen molar-refractivity contribution in [3.8, 4) is 0 Å². The Hall–Kier alpha value is -0.940. The van der Waals surface area contributed by atoms with Crippen LogP contribution in [0.1, 0.15) is 50.3 Å². The average Bonchev–Trinajstić information content (AvgIpc) is 3.01. The fourth-order valence-electron chi connectivity index (χ4n) is 2.97. The van der Waals surface area contributed by atoms with E-state index in [2.05, 4.69) is 27.0 Å². The lowest BCUT2D eigenvalue weighted by Gasteiger charge is -2.25. The summed E-state index contributed by atoms with van der Waals surface area (Å²) in [7, 11) is 0. The number of fused-ring (bicyclic) bond motifs is 1. The topological polar surface area (TPSA) is 52.0 Å². The molecule has 1 saturated heterocycles. The molecule has 0 bridgehead atoms. The van der Waals surface area contributed by atoms with Gasteiger partial charge in [0.1, 0.15) is 11.6 Å². The Balaban J connectivity index is 1.76. The summed E-state index contributed by atoms with van der Waals surface area (Å²) in [5.41, 5.74) is 0. The van der Waals surface area contributed by atoms with Gasteiger partial charge in [0.05, 0.1) is 12.1 Å². The van der Waals surface area contributed by atoms with Gasteiger partial charge in [-0.2, -0.15) is 0 Å². The predicted molar refractivity (Wildman–Crippen MR) is 68.4 cm³/mol. The summed E-state index contributed by atoms with van der Waals surface area (Å²) in [5, 5.41) is 12.3. The maximum atomic E-state index is 5.69. The second-order valence-electron chi connectivity index (χ2n) is 5.26. The van der Waals surface area contributed by atoms with Crippen LogP contribution >= 0.6 is 0 Å². The van der Waals surface area contributed by atoms with Crippen molar-refractivity contribution in [3.05, 3.63) is 11.6 Å². The highest BCUT2D eigenvalue weighted by Crippen LogP contribution is 2.23. The van der Waals surface area contributed by atoms with Crippen LogP contribution in [0.25, 0.3) is 0 Å². The minimum atomic E-state index is 0.359. The van der Waals surface area contributed by atoms with Crippen molar-refractivity contribution in [2.75, 3.05) is 13.2 Å². The summed E-state index contributed by atoms with van der Waals surface area (Å²) in [4.78, 5) is 0. The van der Waals surface area contributed by atoms with Gasteiger partial charge in [-0.15, -0.1) is 10.2 Å². The van der Waals surface area contributed by atoms with Crippen LogP contribution < -0.4 is 5.32 Å². The van der Waals surface area contributed by atoms with Crippen LogP contribution in [-0.2, 0) is 17.7 Å². The molecule has 5 nitrogen and oxygen atoms in total. The highest BCUT2D eigenvalue weighted by molar-refractivity contribution is 5.05. The van der Waals surface area contributed by atoms with Gasteiger partial charge in [0, 0.05) is 26.1 Å². The third-order valence-corrected chi connectivity index (χ3v) is 3.91. The van der Waals surface area contributed by atoms with E-state index in [1.807, 2.05) is 0 Å². The van der Waals surface area contributed by atoms with Crippen LogP contribution in [0.3, 0.4) is 0 Å². The van der Waals surface area contributed by atoms with Gasteiger partial charge in [-0.1, -0.05) is 13.3 Å². The molecule has 1 fully saturated rings. The van der Waals surface area contributed by atoms with Gasteiger partial charge >= 0.3 is 0 Å². The zero-order chi connectivity index (χ0) is 12.4. The second kappa shape index (κ2) is 5.36. The molecule has 1 N–H and O–H groups in total. The van der Waals surface area contributed by atoms with Crippen LogP contribution in [-0.4, -0.2) is 34.0 Å². The van der Waals surface area contributed by atoms with Crippen molar-refractivity contribution < 1.29 is 4.74 Å². The molecule has 0 amide bonds. The lowest BCUT2D eigenvalue weighted by atomic mass is 10.1. The molecule has 0 aromatic carbocycles. The van der Waals surface area contributed by atoms with Crippen molar-refractivity contribution in [2.24, 2.45) is 0 Å². The standard InChI is InChI=1S/C13H22N4O/c1-2-4-11-13-16-15-12(17(13)7-6-14-11)9-10-5-3-8-18-10/h10-11,14H,2-9H2,1H3. The molecule has 0 saturated carbocycles. The fraction of sp³-hybridized carbons (Fsp3) is 0.846. The quantitative estimate of drug-likeness (QED) is 0.878. The normalized spacial score (nSPS) is 27.4. The van der Waals surface area contributed by atoms with Crippen LogP contribution in [0, 0.1) is 0 Å². The Bertz CT molecular complexity index is 398. The van der Waals surface area contributed by atoms with Gasteiger partial charge in [0.2, 0.25) is 0 Å². The molecule has 100 valence electrons. The van der Waals surface area contributed by atoms with E-state index in [9.17, 15) is 0 Å². The zero-order valence-electron chi connectivity index (χ0n) is 11.1. The van der Waals surface area contributed by atoms with Gasteiger partial charge in [-0.25, -0.2) is 0 Å². The zero-order valence-corrected chi connectivity index (χ0v) is 11.1. The molecule has 2 unspecified atom stereocenters. The molecule has 0 radical (unpaired) electrons. The summed E-state index contributed by atoms with van der Waals surface area (Å²) >= 11 is 0. The molecule has 2 aliphatic heterocycles. The molecule has 0 spiro atoms. The van der Waals surface area contributed by atoms with Crippen LogP contribution in [0.4, 0.5) is 0 Å². The molecule has 3 rings (SSSR count). The largest absolute Gasteiger partial charge is 0.378 e. The third-order valence-electron chi connectivity index (χ3n) is 3.91. The molecule has 3 heterocycles. The van der Waals surface area contributed by atoms with E-state index in [0.29, 0.717) is 12.1 Å². The maximum Gasteiger partial charge on any atom is 0.150 e. The lowest BCUT2D eigenvalue weighted by Crippen LogP contribution is -2.34. The summed E-state index contributed by atoms with van der Waals surface area (Å²) in [6.07, 6.45) is 5.94. The number of nitrogens with one attached hydrogen (secondary N) is 1. The van der Waals surface area contributed by atoms with Gasteiger partial charge in [-0.05, 0) is 19.3 Å². The van der Waals surface area contributed by atoms with Crippen LogP contribution in [0.2, 0.25) is 0 Å². The summed E-state index contributed by atoms with van der Waals surface area (Å²) in [6.45, 7) is 5.13. The maximum absolute atomic E-state index is 5.69. The summed E-state index contributed by atoms with van der Waals surface area (Å²) in [5.74, 6) is 2.23. The van der Waals surface area contributed by atoms with E-state index in [4.69, 9.17) is 4.74 Å². The molecule has 5 heteroatoms. The van der Waals surface area contributed by atoms with Crippen LogP contribution in [0.15, 0.2) is 0 Å². The van der Waals surface area contributed by atoms with E-state index in [-0.39, 0.29) is 0 Å². The highest BCUT2D eigenvalue weighted by Gasteiger charge is 2.26. The van der Waals surface area contributed by atoms with E-state index < -0.39 is 0 Å². The predicted octanol–water partition coefficient (Wildman–Crippen LogP) is 1.44. The van der Waals surface area contributed by atoms with Gasteiger partial charge < -0.3 is 14.6 Å². The first-order chi connectivity index (χ1) is 8.88. The van der Waals surface area contributed by atoms with Crippen molar-refractivity contribution >= 4 is 0 Å². The monoisotopic (exact) mass is 250 g/mol. The SMILES string of the molecule is CCCC1NCCn2c(CC3CCCO3)nnc21. The van der Waals surface area contributed by atoms with Crippen molar-refractivity contribution in [2.45, 2.75) is 57.7 Å². The first-order valence-electron chi connectivity index (χ1n) is 7.15. The van der Waals surface area contributed by atoms with Crippen molar-refractivity contribution in [1.29, 1.82) is 0 Å². The molecule has 1 aromatic heterocycles. The van der Waals surface area contributed by atoms with Gasteiger partial charge in [-0.3, -0.25) is 0 Å². The Kier molecular flexibility index (Phi) is 3.61. The van der Waals surface area contributed by atoms with Gasteiger partial charge in [0.25, 0.3) is 0 Å². The molecule has 18 heavy (non-hydrogen) atoms. The number of rotatable bonds is 4. The smallest absolute Gasteiger partial charge is 0.150 e. The minimum absolute atomic E-state index is 0.359. The molecular formula is C13H22N4O. The summed E-state index contributed by atoms with van der Waals surface area (Å²) in [6, 6.07) is 0.384.